The molecule has 1 N–H and O–H groups in total. The van der Waals surface area contributed by atoms with Crippen LogP contribution < -0.4 is 56.5 Å². The number of carboxylic acids is 1. The van der Waals surface area contributed by atoms with Gasteiger partial charge >= 0.3 is 57.4 Å². The Kier molecular flexibility index (Phi) is 8.91. The SMILES string of the molecule is COC(=O)CC(C)=N[C@@H](C(=O)[O-])c1ccc(O)cc1.[K+]. The van der Waals surface area contributed by atoms with Gasteiger partial charge in [0.15, 0.2) is 0 Å². The first kappa shape index (κ1) is 19.3. The summed E-state index contributed by atoms with van der Waals surface area (Å²) in [7, 11) is 1.24. The number of esters is 1. The zero-order valence-corrected chi connectivity index (χ0v) is 14.7. The Bertz CT molecular complexity index is 498. The van der Waals surface area contributed by atoms with Crippen molar-refractivity contribution in [1.82, 2.24) is 0 Å². The zero-order chi connectivity index (χ0) is 14.4. The first-order valence-corrected chi connectivity index (χ1v) is 5.54. The summed E-state index contributed by atoms with van der Waals surface area (Å²) in [5.41, 5.74) is 0.691. The third kappa shape index (κ3) is 6.15. The number of hydrogen-bond donors (Lipinski definition) is 1. The van der Waals surface area contributed by atoms with E-state index in [1.165, 1.54) is 38.3 Å². The van der Waals surface area contributed by atoms with E-state index in [4.69, 9.17) is 5.11 Å². The summed E-state index contributed by atoms with van der Waals surface area (Å²) in [5.74, 6) is -1.85. The Hall–Kier alpha value is -0.734. The van der Waals surface area contributed by atoms with Gasteiger partial charge in [-0.3, -0.25) is 9.79 Å². The number of benzene rings is 1. The molecular formula is C13H14KNO5. The fourth-order valence-electron chi connectivity index (χ4n) is 1.47. The molecule has 7 heteroatoms. The van der Waals surface area contributed by atoms with Gasteiger partial charge in [0.2, 0.25) is 0 Å². The molecule has 1 rings (SSSR count). The van der Waals surface area contributed by atoms with E-state index in [0.29, 0.717) is 11.3 Å². The van der Waals surface area contributed by atoms with Crippen molar-refractivity contribution in [2.75, 3.05) is 7.11 Å². The molecule has 0 aliphatic carbocycles. The average molecular weight is 303 g/mol. The van der Waals surface area contributed by atoms with Gasteiger partial charge in [-0.1, -0.05) is 12.1 Å². The van der Waals surface area contributed by atoms with Crippen LogP contribution in [-0.4, -0.2) is 29.9 Å². The van der Waals surface area contributed by atoms with E-state index in [1.54, 1.807) is 0 Å². The standard InChI is InChI=1S/C13H15NO5.K/c1-8(7-11(16)19-2)14-12(13(17)18)9-3-5-10(15)6-4-9;/h3-6,12,15H,7H2,1-2H3,(H,17,18);/q;+1/p-1/t12-;/m1./s1. The minimum atomic E-state index is -1.38. The Morgan fingerprint density at radius 1 is 1.35 bits per heavy atom. The smallest absolute Gasteiger partial charge is 0.547 e. The number of phenols is 1. The van der Waals surface area contributed by atoms with Crippen LogP contribution >= 0.6 is 0 Å². The molecule has 6 nitrogen and oxygen atoms in total. The number of carbonyl (C=O) groups excluding carboxylic acids is 2. The number of carboxylic acid groups (broad SMARTS) is 1. The van der Waals surface area contributed by atoms with Crippen LogP contribution in [0.25, 0.3) is 0 Å². The normalized spacial score (nSPS) is 12.2. The zero-order valence-electron chi connectivity index (χ0n) is 11.6. The Morgan fingerprint density at radius 2 is 1.90 bits per heavy atom. The van der Waals surface area contributed by atoms with Gasteiger partial charge in [0.1, 0.15) is 11.8 Å². The molecule has 0 heterocycles. The van der Waals surface area contributed by atoms with Gasteiger partial charge in [-0.15, -0.1) is 0 Å². The van der Waals surface area contributed by atoms with E-state index in [1.807, 2.05) is 0 Å². The summed E-state index contributed by atoms with van der Waals surface area (Å²) in [6.45, 7) is 1.53. The number of aliphatic imine (C=N–C) groups is 1. The van der Waals surface area contributed by atoms with Crippen LogP contribution in [0, 0.1) is 0 Å². The molecule has 1 aromatic carbocycles. The molecule has 1 atom stereocenters. The quantitative estimate of drug-likeness (QED) is 0.360. The summed E-state index contributed by atoms with van der Waals surface area (Å²) < 4.78 is 4.47. The molecular weight excluding hydrogens is 289 g/mol. The van der Waals surface area contributed by atoms with Crippen molar-refractivity contribution in [3.05, 3.63) is 29.8 Å². The third-order valence-electron chi connectivity index (χ3n) is 2.41. The molecule has 0 radical (unpaired) electrons. The number of aliphatic carboxylic acids is 1. The molecule has 0 aliphatic heterocycles. The molecule has 0 unspecified atom stereocenters. The number of nitrogens with zero attached hydrogens (tertiary/aromatic N) is 1. The fourth-order valence-corrected chi connectivity index (χ4v) is 1.47. The van der Waals surface area contributed by atoms with Crippen LogP contribution in [0.3, 0.4) is 0 Å². The number of carbonyl (C=O) groups is 2. The van der Waals surface area contributed by atoms with Crippen LogP contribution in [0.15, 0.2) is 29.3 Å². The number of phenolic OH excluding ortho intramolecular Hbond substituents is 1. The van der Waals surface area contributed by atoms with Gasteiger partial charge in [0, 0.05) is 5.71 Å². The monoisotopic (exact) mass is 303 g/mol. The molecule has 0 saturated heterocycles. The maximum Gasteiger partial charge on any atom is 1.00 e. The van der Waals surface area contributed by atoms with Gasteiger partial charge in [0.05, 0.1) is 19.5 Å². The number of methoxy groups -OCH3 is 1. The second-order valence-corrected chi connectivity index (χ2v) is 3.93. The predicted octanol–water partition coefficient (Wildman–Crippen LogP) is -2.79. The molecule has 0 aliphatic rings. The maximum absolute atomic E-state index is 11.1. The molecule has 20 heavy (non-hydrogen) atoms. The minimum Gasteiger partial charge on any atom is -0.547 e. The van der Waals surface area contributed by atoms with E-state index in [0.717, 1.165) is 0 Å². The van der Waals surface area contributed by atoms with E-state index >= 15 is 0 Å². The van der Waals surface area contributed by atoms with Gasteiger partial charge in [-0.2, -0.15) is 0 Å². The van der Waals surface area contributed by atoms with Gasteiger partial charge in [-0.25, -0.2) is 0 Å². The second kappa shape index (κ2) is 9.25. The van der Waals surface area contributed by atoms with E-state index in [9.17, 15) is 14.7 Å². The molecule has 0 fully saturated rings. The summed E-state index contributed by atoms with van der Waals surface area (Å²) >= 11 is 0. The largest absolute Gasteiger partial charge is 1.00 e. The average Bonchev–Trinajstić information content (AvgIpc) is 2.36. The molecule has 1 aromatic rings. The van der Waals surface area contributed by atoms with Gasteiger partial charge in [-0.05, 0) is 24.6 Å². The molecule has 0 saturated carbocycles. The molecule has 0 spiro atoms. The Balaban J connectivity index is 0.00000361. The number of hydrogen-bond acceptors (Lipinski definition) is 6. The number of rotatable bonds is 5. The number of ether oxygens (including phenoxy) is 1. The third-order valence-corrected chi connectivity index (χ3v) is 2.41. The van der Waals surface area contributed by atoms with Crippen molar-refractivity contribution in [2.24, 2.45) is 4.99 Å². The van der Waals surface area contributed by atoms with Crippen molar-refractivity contribution in [3.63, 3.8) is 0 Å². The minimum absolute atomic E-state index is 0. The Labute approximate surface area is 159 Å². The molecule has 0 amide bonds. The van der Waals surface area contributed by atoms with Crippen LogP contribution in [0.1, 0.15) is 24.9 Å². The van der Waals surface area contributed by atoms with Gasteiger partial charge < -0.3 is 19.7 Å². The first-order valence-electron chi connectivity index (χ1n) is 5.54. The van der Waals surface area contributed by atoms with E-state index in [-0.39, 0.29) is 63.6 Å². The molecule has 102 valence electrons. The van der Waals surface area contributed by atoms with Crippen LogP contribution in [-0.2, 0) is 14.3 Å². The Morgan fingerprint density at radius 3 is 2.35 bits per heavy atom. The van der Waals surface area contributed by atoms with Crippen molar-refractivity contribution in [3.8, 4) is 5.75 Å². The second-order valence-electron chi connectivity index (χ2n) is 3.93. The first-order chi connectivity index (χ1) is 8.93. The van der Waals surface area contributed by atoms with Crippen molar-refractivity contribution >= 4 is 17.7 Å². The summed E-state index contributed by atoms with van der Waals surface area (Å²) in [6, 6.07) is 4.37. The van der Waals surface area contributed by atoms with Gasteiger partial charge in [0.25, 0.3) is 0 Å². The van der Waals surface area contributed by atoms with Crippen LogP contribution in [0.2, 0.25) is 0 Å². The van der Waals surface area contributed by atoms with Crippen molar-refractivity contribution < 1.29 is 75.9 Å². The van der Waals surface area contributed by atoms with Crippen LogP contribution in [0.4, 0.5) is 0 Å². The molecule has 0 bridgehead atoms. The van der Waals surface area contributed by atoms with Crippen molar-refractivity contribution in [2.45, 2.75) is 19.4 Å². The maximum atomic E-state index is 11.1. The number of aromatic hydroxyl groups is 1. The fraction of sp³-hybridized carbons (Fsp3) is 0.308. The summed E-state index contributed by atoms with van der Waals surface area (Å²) in [5, 5.41) is 20.2. The summed E-state index contributed by atoms with van der Waals surface area (Å²) in [4.78, 5) is 26.1. The predicted molar refractivity (Wildman–Crippen MR) is 65.6 cm³/mol. The van der Waals surface area contributed by atoms with E-state index < -0.39 is 18.0 Å². The topological polar surface area (TPSA) is 99.0 Å². The van der Waals surface area contributed by atoms with Crippen molar-refractivity contribution in [1.29, 1.82) is 0 Å². The van der Waals surface area contributed by atoms with E-state index in [2.05, 4.69) is 9.73 Å². The summed E-state index contributed by atoms with van der Waals surface area (Å²) in [6.07, 6.45) is -0.0850. The van der Waals surface area contributed by atoms with Crippen LogP contribution in [0.5, 0.6) is 5.75 Å². The molecule has 0 aromatic heterocycles.